The first kappa shape index (κ1) is 12.8. The molecule has 1 saturated heterocycles. The molecule has 0 aliphatic carbocycles. The lowest BCUT2D eigenvalue weighted by Gasteiger charge is -2.41. The average molecular weight is 248 g/mol. The predicted molar refractivity (Wildman–Crippen MR) is 75.6 cm³/mol. The molecule has 1 fully saturated rings. The molecule has 1 aliphatic rings. The van der Waals surface area contributed by atoms with E-state index in [4.69, 9.17) is 4.43 Å². The summed E-state index contributed by atoms with van der Waals surface area (Å²) in [4.78, 5) is 0. The van der Waals surface area contributed by atoms with E-state index in [1.165, 1.54) is 5.56 Å². The average Bonchev–Trinajstić information content (AvgIpc) is 2.37. The molecule has 2 heteroatoms. The molecule has 1 nitrogen and oxygen atoms in total. The van der Waals surface area contributed by atoms with Crippen LogP contribution >= 0.6 is 0 Å². The van der Waals surface area contributed by atoms with E-state index in [2.05, 4.69) is 71.1 Å². The van der Waals surface area contributed by atoms with Crippen LogP contribution in [0.4, 0.5) is 0 Å². The molecule has 0 N–H and O–H groups in total. The van der Waals surface area contributed by atoms with Crippen molar-refractivity contribution in [1.29, 1.82) is 0 Å². The molecule has 0 saturated carbocycles. The summed E-state index contributed by atoms with van der Waals surface area (Å²) in [6.07, 6.45) is 0.236. The van der Waals surface area contributed by atoms with E-state index in [-0.39, 0.29) is 16.6 Å². The topological polar surface area (TPSA) is 9.23 Å². The predicted octanol–water partition coefficient (Wildman–Crippen LogP) is 4.77. The first-order valence-electron chi connectivity index (χ1n) is 6.43. The minimum absolute atomic E-state index is 0.185. The molecule has 1 aliphatic heterocycles. The zero-order valence-corrected chi connectivity index (χ0v) is 12.9. The van der Waals surface area contributed by atoms with Crippen molar-refractivity contribution in [2.75, 3.05) is 0 Å². The van der Waals surface area contributed by atoms with Gasteiger partial charge in [-0.25, -0.2) is 0 Å². The Morgan fingerprint density at radius 1 is 1.00 bits per heavy atom. The van der Waals surface area contributed by atoms with Gasteiger partial charge < -0.3 is 4.43 Å². The van der Waals surface area contributed by atoms with Gasteiger partial charge in [-0.05, 0) is 29.1 Å². The monoisotopic (exact) mass is 248 g/mol. The Hall–Kier alpha value is -0.603. The summed E-state index contributed by atoms with van der Waals surface area (Å²) in [5.41, 5.74) is 1.51. The standard InChI is InChI=1S/C15H24OSi/c1-14(2)13(12-10-8-7-9-11-12)16-17(5,6)15(14,3)4/h7-11,13H,1-6H3. The summed E-state index contributed by atoms with van der Waals surface area (Å²) in [6, 6.07) is 10.7. The fraction of sp³-hybridized carbons (Fsp3) is 0.600. The SMILES string of the molecule is CC1(C)C(c2ccccc2)O[Si](C)(C)C1(C)C. The highest BCUT2D eigenvalue weighted by atomic mass is 28.4. The Balaban J connectivity index is 2.46. The number of benzene rings is 1. The van der Waals surface area contributed by atoms with Gasteiger partial charge in [0.2, 0.25) is 0 Å². The van der Waals surface area contributed by atoms with Gasteiger partial charge in [-0.1, -0.05) is 58.0 Å². The minimum atomic E-state index is -1.65. The fourth-order valence-corrected chi connectivity index (χ4v) is 5.80. The summed E-state index contributed by atoms with van der Waals surface area (Å²) in [6.45, 7) is 14.2. The lowest BCUT2D eigenvalue weighted by Crippen LogP contribution is -2.40. The zero-order valence-electron chi connectivity index (χ0n) is 11.9. The van der Waals surface area contributed by atoms with Crippen molar-refractivity contribution in [3.05, 3.63) is 35.9 Å². The Bertz CT molecular complexity index is 406. The normalized spacial score (nSPS) is 29.2. The maximum atomic E-state index is 6.50. The van der Waals surface area contributed by atoms with Crippen LogP contribution in [0.15, 0.2) is 30.3 Å². The molecule has 1 atom stereocenters. The van der Waals surface area contributed by atoms with Crippen LogP contribution in [0.3, 0.4) is 0 Å². The van der Waals surface area contributed by atoms with Crippen LogP contribution in [0.2, 0.25) is 18.1 Å². The van der Waals surface area contributed by atoms with Gasteiger partial charge in [-0.2, -0.15) is 0 Å². The minimum Gasteiger partial charge on any atom is -0.409 e. The van der Waals surface area contributed by atoms with Crippen LogP contribution in [0, 0.1) is 5.41 Å². The second kappa shape index (κ2) is 3.69. The van der Waals surface area contributed by atoms with E-state index >= 15 is 0 Å². The third-order valence-corrected chi connectivity index (χ3v) is 9.77. The lowest BCUT2D eigenvalue weighted by molar-refractivity contribution is 0.101. The molecule has 1 aromatic rings. The molecule has 1 unspecified atom stereocenters. The lowest BCUT2D eigenvalue weighted by atomic mass is 9.73. The summed E-state index contributed by atoms with van der Waals surface area (Å²) in [5, 5.41) is 0.278. The first-order chi connectivity index (χ1) is 7.70. The Morgan fingerprint density at radius 2 is 1.53 bits per heavy atom. The van der Waals surface area contributed by atoms with E-state index in [1.807, 2.05) is 0 Å². The molecule has 0 radical (unpaired) electrons. The van der Waals surface area contributed by atoms with Crippen LogP contribution < -0.4 is 0 Å². The summed E-state index contributed by atoms with van der Waals surface area (Å²) >= 11 is 0. The first-order valence-corrected chi connectivity index (χ1v) is 9.34. The Kier molecular flexibility index (Phi) is 2.79. The second-order valence-electron chi connectivity index (χ2n) is 6.77. The molecule has 1 heterocycles. The highest BCUT2D eigenvalue weighted by Gasteiger charge is 2.61. The molecular weight excluding hydrogens is 224 g/mol. The molecule has 2 rings (SSSR count). The van der Waals surface area contributed by atoms with Crippen molar-refractivity contribution in [1.82, 2.24) is 0 Å². The van der Waals surface area contributed by atoms with E-state index in [1.54, 1.807) is 0 Å². The van der Waals surface area contributed by atoms with E-state index in [0.717, 1.165) is 0 Å². The van der Waals surface area contributed by atoms with Crippen molar-refractivity contribution in [3.8, 4) is 0 Å². The van der Waals surface area contributed by atoms with Crippen LogP contribution in [0.1, 0.15) is 39.4 Å². The Labute approximate surface area is 106 Å². The van der Waals surface area contributed by atoms with Gasteiger partial charge >= 0.3 is 0 Å². The zero-order chi connectivity index (χ0) is 12.9. The van der Waals surface area contributed by atoms with Crippen LogP contribution in [0.25, 0.3) is 0 Å². The van der Waals surface area contributed by atoms with E-state index in [9.17, 15) is 0 Å². The molecular formula is C15H24OSi. The van der Waals surface area contributed by atoms with Gasteiger partial charge in [0.1, 0.15) is 0 Å². The smallest absolute Gasteiger partial charge is 0.193 e. The third-order valence-electron chi connectivity index (χ3n) is 5.29. The molecule has 0 amide bonds. The number of rotatable bonds is 1. The fourth-order valence-electron chi connectivity index (χ4n) is 2.81. The third kappa shape index (κ3) is 1.69. The number of hydrogen-bond donors (Lipinski definition) is 0. The van der Waals surface area contributed by atoms with Crippen molar-refractivity contribution in [2.24, 2.45) is 5.41 Å². The van der Waals surface area contributed by atoms with Gasteiger partial charge in [0.05, 0.1) is 6.10 Å². The van der Waals surface area contributed by atoms with Crippen molar-refractivity contribution >= 4 is 8.32 Å². The van der Waals surface area contributed by atoms with E-state index in [0.29, 0.717) is 0 Å². The summed E-state index contributed by atoms with van der Waals surface area (Å²) in [5.74, 6) is 0. The van der Waals surface area contributed by atoms with Gasteiger partial charge in [0.15, 0.2) is 8.32 Å². The van der Waals surface area contributed by atoms with Gasteiger partial charge in [0.25, 0.3) is 0 Å². The van der Waals surface area contributed by atoms with Gasteiger partial charge in [0, 0.05) is 0 Å². The molecule has 94 valence electrons. The highest BCUT2D eigenvalue weighted by molar-refractivity contribution is 6.75. The molecule has 0 bridgehead atoms. The summed E-state index contributed by atoms with van der Waals surface area (Å²) < 4.78 is 6.50. The van der Waals surface area contributed by atoms with Crippen molar-refractivity contribution in [2.45, 2.75) is 51.9 Å². The van der Waals surface area contributed by atoms with Gasteiger partial charge in [-0.15, -0.1) is 0 Å². The quantitative estimate of drug-likeness (QED) is 0.651. The number of hydrogen-bond acceptors (Lipinski definition) is 1. The molecule has 1 aromatic carbocycles. The second-order valence-corrected chi connectivity index (χ2v) is 11.3. The van der Waals surface area contributed by atoms with Gasteiger partial charge in [-0.3, -0.25) is 0 Å². The highest BCUT2D eigenvalue weighted by Crippen LogP contribution is 2.65. The van der Waals surface area contributed by atoms with Crippen LogP contribution in [-0.2, 0) is 4.43 Å². The molecule has 0 aromatic heterocycles. The largest absolute Gasteiger partial charge is 0.409 e. The molecule has 0 spiro atoms. The Morgan fingerprint density at radius 3 is 1.94 bits per heavy atom. The maximum Gasteiger partial charge on any atom is 0.193 e. The van der Waals surface area contributed by atoms with Crippen molar-refractivity contribution in [3.63, 3.8) is 0 Å². The van der Waals surface area contributed by atoms with Crippen LogP contribution in [0.5, 0.6) is 0 Å². The maximum absolute atomic E-state index is 6.50. The summed E-state index contributed by atoms with van der Waals surface area (Å²) in [7, 11) is -1.65. The molecule has 17 heavy (non-hydrogen) atoms. The van der Waals surface area contributed by atoms with E-state index < -0.39 is 8.32 Å². The van der Waals surface area contributed by atoms with Crippen LogP contribution in [-0.4, -0.2) is 8.32 Å². The van der Waals surface area contributed by atoms with Crippen molar-refractivity contribution < 1.29 is 4.43 Å².